The largest absolute Gasteiger partial charge is 0.481 e. The lowest BCUT2D eigenvalue weighted by molar-refractivity contribution is -0.137. The van der Waals surface area contributed by atoms with Crippen molar-refractivity contribution in [3.63, 3.8) is 0 Å². The third-order valence-corrected chi connectivity index (χ3v) is 4.61. The number of carboxylic acid groups (broad SMARTS) is 1. The second-order valence-electron chi connectivity index (χ2n) is 4.94. The molecular formula is C14H19NO2S. The van der Waals surface area contributed by atoms with Gasteiger partial charge in [-0.3, -0.25) is 4.79 Å². The van der Waals surface area contributed by atoms with Gasteiger partial charge in [0.15, 0.2) is 0 Å². The smallest absolute Gasteiger partial charge is 0.303 e. The Bertz CT molecular complexity index is 473. The Morgan fingerprint density at radius 1 is 1.50 bits per heavy atom. The molecule has 18 heavy (non-hydrogen) atoms. The molecule has 98 valence electrons. The molecule has 1 atom stereocenters. The normalized spacial score (nSPS) is 18.6. The Morgan fingerprint density at radius 2 is 2.22 bits per heavy atom. The van der Waals surface area contributed by atoms with E-state index in [0.717, 1.165) is 5.75 Å². The van der Waals surface area contributed by atoms with Crippen molar-refractivity contribution in [2.45, 2.75) is 37.6 Å². The van der Waals surface area contributed by atoms with Gasteiger partial charge in [-0.25, -0.2) is 0 Å². The first kappa shape index (κ1) is 13.3. The monoisotopic (exact) mass is 265 g/mol. The lowest BCUT2D eigenvalue weighted by Gasteiger charge is -2.37. The van der Waals surface area contributed by atoms with Crippen molar-refractivity contribution >= 4 is 23.4 Å². The molecule has 0 saturated carbocycles. The van der Waals surface area contributed by atoms with Gasteiger partial charge in [0.2, 0.25) is 0 Å². The average Bonchev–Trinajstić information content (AvgIpc) is 2.26. The lowest BCUT2D eigenvalue weighted by Crippen LogP contribution is -2.37. The number of aryl methyl sites for hydroxylation is 2. The Morgan fingerprint density at radius 3 is 2.89 bits per heavy atom. The van der Waals surface area contributed by atoms with Crippen LogP contribution in [-0.2, 0) is 4.79 Å². The number of nitrogens with zero attached hydrogens (tertiary/aromatic N) is 1. The topological polar surface area (TPSA) is 40.5 Å². The van der Waals surface area contributed by atoms with Crippen molar-refractivity contribution in [3.05, 3.63) is 23.3 Å². The van der Waals surface area contributed by atoms with Gasteiger partial charge in [0.05, 0.1) is 5.69 Å². The fourth-order valence-electron chi connectivity index (χ4n) is 2.53. The molecule has 0 fully saturated rings. The van der Waals surface area contributed by atoms with E-state index in [1.807, 2.05) is 11.8 Å². The van der Waals surface area contributed by atoms with Crippen molar-refractivity contribution in [1.29, 1.82) is 0 Å². The van der Waals surface area contributed by atoms with E-state index in [1.54, 1.807) is 0 Å². The molecule has 1 unspecified atom stereocenters. The highest BCUT2D eigenvalue weighted by molar-refractivity contribution is 7.99. The Balaban J connectivity index is 2.22. The number of fused-ring (bicyclic) bond motifs is 1. The molecule has 0 aromatic heterocycles. The van der Waals surface area contributed by atoms with Crippen LogP contribution in [0.25, 0.3) is 0 Å². The molecule has 1 heterocycles. The zero-order valence-electron chi connectivity index (χ0n) is 11.1. The fourth-order valence-corrected chi connectivity index (χ4v) is 4.00. The third-order valence-electron chi connectivity index (χ3n) is 3.43. The molecule has 1 N–H and O–H groups in total. The molecule has 0 aliphatic carbocycles. The summed E-state index contributed by atoms with van der Waals surface area (Å²) in [6, 6.07) is 4.73. The summed E-state index contributed by atoms with van der Waals surface area (Å²) in [6.07, 6.45) is 0.960. The van der Waals surface area contributed by atoms with Crippen LogP contribution in [0.4, 0.5) is 5.69 Å². The third kappa shape index (κ3) is 2.64. The summed E-state index contributed by atoms with van der Waals surface area (Å²) in [7, 11) is 2.08. The standard InChI is InChI=1S/C14H19NO2S/c1-9-6-10(2)14-12(7-9)18-8-11(15(14)3)4-5-13(16)17/h6-7,11H,4-5,8H2,1-3H3,(H,16,17). The summed E-state index contributed by atoms with van der Waals surface area (Å²) in [5, 5.41) is 8.79. The van der Waals surface area contributed by atoms with E-state index in [9.17, 15) is 4.79 Å². The number of anilines is 1. The Kier molecular flexibility index (Phi) is 3.85. The number of hydrogen-bond donors (Lipinski definition) is 1. The number of thioether (sulfide) groups is 1. The van der Waals surface area contributed by atoms with Crippen molar-refractivity contribution in [1.82, 2.24) is 0 Å². The van der Waals surface area contributed by atoms with E-state index in [4.69, 9.17) is 5.11 Å². The fraction of sp³-hybridized carbons (Fsp3) is 0.500. The molecule has 1 aliphatic rings. The molecule has 0 saturated heterocycles. The van der Waals surface area contributed by atoms with E-state index >= 15 is 0 Å². The summed E-state index contributed by atoms with van der Waals surface area (Å²) < 4.78 is 0. The van der Waals surface area contributed by atoms with Gasteiger partial charge in [-0.05, 0) is 37.5 Å². The molecule has 1 aromatic carbocycles. The van der Waals surface area contributed by atoms with Crippen LogP contribution in [0, 0.1) is 13.8 Å². The van der Waals surface area contributed by atoms with Crippen molar-refractivity contribution < 1.29 is 9.90 Å². The van der Waals surface area contributed by atoms with E-state index < -0.39 is 5.97 Å². The Hall–Kier alpha value is -1.16. The number of benzene rings is 1. The maximum atomic E-state index is 10.7. The van der Waals surface area contributed by atoms with Crippen LogP contribution >= 0.6 is 11.8 Å². The number of rotatable bonds is 3. The predicted octanol–water partition coefficient (Wildman–Crippen LogP) is 3.08. The summed E-state index contributed by atoms with van der Waals surface area (Å²) in [6.45, 7) is 4.24. The molecule has 0 bridgehead atoms. The maximum Gasteiger partial charge on any atom is 0.303 e. The summed E-state index contributed by atoms with van der Waals surface area (Å²) >= 11 is 1.85. The second-order valence-corrected chi connectivity index (χ2v) is 6.00. The highest BCUT2D eigenvalue weighted by atomic mass is 32.2. The van der Waals surface area contributed by atoms with Crippen molar-refractivity contribution in [2.24, 2.45) is 0 Å². The van der Waals surface area contributed by atoms with Crippen LogP contribution in [0.5, 0.6) is 0 Å². The minimum Gasteiger partial charge on any atom is -0.481 e. The van der Waals surface area contributed by atoms with Gasteiger partial charge in [0.25, 0.3) is 0 Å². The number of aliphatic carboxylic acids is 1. The zero-order valence-corrected chi connectivity index (χ0v) is 11.9. The van der Waals surface area contributed by atoms with Gasteiger partial charge in [-0.1, -0.05) is 6.07 Å². The molecule has 4 heteroatoms. The van der Waals surface area contributed by atoms with E-state index in [-0.39, 0.29) is 6.42 Å². The predicted molar refractivity (Wildman–Crippen MR) is 75.7 cm³/mol. The molecule has 2 rings (SSSR count). The van der Waals surface area contributed by atoms with Crippen LogP contribution in [-0.4, -0.2) is 29.9 Å². The average molecular weight is 265 g/mol. The summed E-state index contributed by atoms with van der Waals surface area (Å²) in [5.41, 5.74) is 3.84. The molecule has 0 radical (unpaired) electrons. The quantitative estimate of drug-likeness (QED) is 0.912. The SMILES string of the molecule is Cc1cc(C)c2c(c1)SCC(CCC(=O)O)N2C. The maximum absolute atomic E-state index is 10.7. The highest BCUT2D eigenvalue weighted by Crippen LogP contribution is 2.40. The second kappa shape index (κ2) is 5.22. The van der Waals surface area contributed by atoms with Gasteiger partial charge in [0.1, 0.15) is 0 Å². The summed E-state index contributed by atoms with van der Waals surface area (Å²) in [5.74, 6) is 0.263. The minimum atomic E-state index is -0.708. The van der Waals surface area contributed by atoms with Crippen LogP contribution in [0.3, 0.4) is 0 Å². The molecule has 1 aromatic rings. The first-order valence-electron chi connectivity index (χ1n) is 6.17. The van der Waals surface area contributed by atoms with Crippen LogP contribution < -0.4 is 4.90 Å². The summed E-state index contributed by atoms with van der Waals surface area (Å²) in [4.78, 5) is 14.3. The van der Waals surface area contributed by atoms with Gasteiger partial charge < -0.3 is 10.0 Å². The minimum absolute atomic E-state index is 0.246. The van der Waals surface area contributed by atoms with Gasteiger partial charge in [-0.15, -0.1) is 11.8 Å². The number of carboxylic acids is 1. The van der Waals surface area contributed by atoms with Crippen LogP contribution in [0.15, 0.2) is 17.0 Å². The Labute approximate surface area is 112 Å². The molecule has 3 nitrogen and oxygen atoms in total. The molecular weight excluding hydrogens is 246 g/mol. The lowest BCUT2D eigenvalue weighted by atomic mass is 10.1. The van der Waals surface area contributed by atoms with Gasteiger partial charge in [-0.2, -0.15) is 0 Å². The van der Waals surface area contributed by atoms with Crippen molar-refractivity contribution in [3.8, 4) is 0 Å². The molecule has 1 aliphatic heterocycles. The van der Waals surface area contributed by atoms with Crippen LogP contribution in [0.2, 0.25) is 0 Å². The first-order chi connectivity index (χ1) is 8.49. The zero-order chi connectivity index (χ0) is 13.3. The number of carbonyl (C=O) groups is 1. The van der Waals surface area contributed by atoms with Gasteiger partial charge in [0, 0.05) is 30.2 Å². The molecule has 0 amide bonds. The molecule has 0 spiro atoms. The number of hydrogen-bond acceptors (Lipinski definition) is 3. The van der Waals surface area contributed by atoms with E-state index in [2.05, 4.69) is 37.9 Å². The van der Waals surface area contributed by atoms with Crippen molar-refractivity contribution in [2.75, 3.05) is 17.7 Å². The van der Waals surface area contributed by atoms with E-state index in [1.165, 1.54) is 21.7 Å². The van der Waals surface area contributed by atoms with Gasteiger partial charge >= 0.3 is 5.97 Å². The first-order valence-corrected chi connectivity index (χ1v) is 7.16. The van der Waals surface area contributed by atoms with E-state index in [0.29, 0.717) is 12.5 Å². The highest BCUT2D eigenvalue weighted by Gasteiger charge is 2.25. The van der Waals surface area contributed by atoms with Crippen LogP contribution in [0.1, 0.15) is 24.0 Å².